The first-order chi connectivity index (χ1) is 12.2. The van der Waals surface area contributed by atoms with E-state index in [-0.39, 0.29) is 24.1 Å². The Morgan fingerprint density at radius 2 is 1.23 bits per heavy atom. The van der Waals surface area contributed by atoms with Crippen molar-refractivity contribution < 1.29 is 4.79 Å². The van der Waals surface area contributed by atoms with E-state index in [1.54, 1.807) is 0 Å². The zero-order valence-corrected chi connectivity index (χ0v) is 15.9. The van der Waals surface area contributed by atoms with Gasteiger partial charge in [-0.15, -0.1) is 12.4 Å². The van der Waals surface area contributed by atoms with Crippen molar-refractivity contribution in [2.24, 2.45) is 0 Å². The Balaban J connectivity index is 0.00000243. The van der Waals surface area contributed by atoms with Crippen LogP contribution in [0.5, 0.6) is 0 Å². The molecule has 3 aromatic carbocycles. The second-order valence-corrected chi connectivity index (χ2v) is 6.51. The number of hydrogen-bond donors (Lipinski definition) is 0. The molecule has 0 aliphatic carbocycles. The van der Waals surface area contributed by atoms with Gasteiger partial charge in [-0.1, -0.05) is 84.9 Å². The summed E-state index contributed by atoms with van der Waals surface area (Å²) in [5.74, 6) is -0.138. The summed E-state index contributed by atoms with van der Waals surface area (Å²) in [7, 11) is 4.04. The molecule has 0 spiro atoms. The normalized spacial score (nSPS) is 10.6. The van der Waals surface area contributed by atoms with Gasteiger partial charge in [-0.2, -0.15) is 0 Å². The zero-order chi connectivity index (χ0) is 17.6. The Morgan fingerprint density at radius 1 is 0.769 bits per heavy atom. The number of ketones is 1. The SMILES string of the molecule is CN(C)Cc1ccccc1C(=O)C(c1ccccc1)c1ccccc1.Cl. The molecular formula is C23H24ClNO. The van der Waals surface area contributed by atoms with Crippen molar-refractivity contribution >= 4 is 18.2 Å². The van der Waals surface area contributed by atoms with Gasteiger partial charge in [0.15, 0.2) is 5.78 Å². The highest BCUT2D eigenvalue weighted by Crippen LogP contribution is 2.29. The largest absolute Gasteiger partial charge is 0.305 e. The molecule has 0 saturated heterocycles. The molecule has 0 atom stereocenters. The lowest BCUT2D eigenvalue weighted by molar-refractivity contribution is 0.0972. The second-order valence-electron chi connectivity index (χ2n) is 6.51. The maximum Gasteiger partial charge on any atom is 0.175 e. The summed E-state index contributed by atoms with van der Waals surface area (Å²) in [6.07, 6.45) is 0. The molecule has 2 nitrogen and oxygen atoms in total. The number of Topliss-reactive ketones (excluding diaryl/α,β-unsaturated/α-hetero) is 1. The summed E-state index contributed by atoms with van der Waals surface area (Å²) in [4.78, 5) is 15.6. The number of nitrogens with zero attached hydrogens (tertiary/aromatic N) is 1. The summed E-state index contributed by atoms with van der Waals surface area (Å²) in [6.45, 7) is 0.748. The Hall–Kier alpha value is -2.42. The summed E-state index contributed by atoms with van der Waals surface area (Å²) < 4.78 is 0. The van der Waals surface area contributed by atoms with E-state index in [2.05, 4.69) is 4.90 Å². The van der Waals surface area contributed by atoms with Gasteiger partial charge in [-0.25, -0.2) is 0 Å². The fraction of sp³-hybridized carbons (Fsp3) is 0.174. The first-order valence-corrected chi connectivity index (χ1v) is 8.53. The molecule has 3 heteroatoms. The van der Waals surface area contributed by atoms with E-state index in [0.717, 1.165) is 28.8 Å². The smallest absolute Gasteiger partial charge is 0.175 e. The van der Waals surface area contributed by atoms with Gasteiger partial charge in [0.25, 0.3) is 0 Å². The van der Waals surface area contributed by atoms with Crippen molar-refractivity contribution in [3.8, 4) is 0 Å². The van der Waals surface area contributed by atoms with E-state index in [4.69, 9.17) is 0 Å². The van der Waals surface area contributed by atoms with Crippen LogP contribution in [-0.4, -0.2) is 24.8 Å². The molecule has 0 aliphatic heterocycles. The Kier molecular flexibility index (Phi) is 7.14. The van der Waals surface area contributed by atoms with Crippen LogP contribution in [0.1, 0.15) is 33.0 Å². The lowest BCUT2D eigenvalue weighted by Crippen LogP contribution is -2.19. The molecule has 0 bridgehead atoms. The number of rotatable bonds is 6. The van der Waals surface area contributed by atoms with E-state index in [0.29, 0.717) is 0 Å². The molecule has 0 aliphatic rings. The number of hydrogen-bond acceptors (Lipinski definition) is 2. The predicted molar refractivity (Wildman–Crippen MR) is 110 cm³/mol. The topological polar surface area (TPSA) is 20.3 Å². The van der Waals surface area contributed by atoms with E-state index < -0.39 is 0 Å². The number of halogens is 1. The standard InChI is InChI=1S/C23H23NO.ClH/c1-24(2)17-20-15-9-10-16-21(20)23(25)22(18-11-5-3-6-12-18)19-13-7-4-8-14-19;/h3-16,22H,17H2,1-2H3;1H. The maximum atomic E-state index is 13.5. The van der Waals surface area contributed by atoms with Crippen LogP contribution in [0.2, 0.25) is 0 Å². The second kappa shape index (κ2) is 9.33. The van der Waals surface area contributed by atoms with Crippen LogP contribution >= 0.6 is 12.4 Å². The molecule has 0 amide bonds. The van der Waals surface area contributed by atoms with Crippen molar-refractivity contribution in [2.45, 2.75) is 12.5 Å². The number of carbonyl (C=O) groups excluding carboxylic acids is 1. The minimum Gasteiger partial charge on any atom is -0.305 e. The summed E-state index contributed by atoms with van der Waals surface area (Å²) in [5, 5.41) is 0. The van der Waals surface area contributed by atoms with Gasteiger partial charge in [0.05, 0.1) is 5.92 Å². The third kappa shape index (κ3) is 4.60. The van der Waals surface area contributed by atoms with Gasteiger partial charge in [0.2, 0.25) is 0 Å². The quantitative estimate of drug-likeness (QED) is 0.560. The molecule has 3 rings (SSSR count). The summed E-state index contributed by atoms with van der Waals surface area (Å²) >= 11 is 0. The molecule has 0 aromatic heterocycles. The van der Waals surface area contributed by atoms with Gasteiger partial charge in [-0.05, 0) is 30.8 Å². The highest BCUT2D eigenvalue weighted by Gasteiger charge is 2.25. The van der Waals surface area contributed by atoms with Gasteiger partial charge in [0, 0.05) is 12.1 Å². The predicted octanol–water partition coefficient (Wildman–Crippen LogP) is 5.18. The van der Waals surface area contributed by atoms with Crippen molar-refractivity contribution in [3.63, 3.8) is 0 Å². The minimum absolute atomic E-state index is 0. The van der Waals surface area contributed by atoms with Gasteiger partial charge < -0.3 is 4.90 Å². The van der Waals surface area contributed by atoms with Crippen molar-refractivity contribution in [2.75, 3.05) is 14.1 Å². The lowest BCUT2D eigenvalue weighted by atomic mass is 9.83. The molecule has 0 fully saturated rings. The number of carbonyl (C=O) groups is 1. The van der Waals surface area contributed by atoms with Crippen LogP contribution in [0.25, 0.3) is 0 Å². The van der Waals surface area contributed by atoms with Crippen LogP contribution in [0.4, 0.5) is 0 Å². The zero-order valence-electron chi connectivity index (χ0n) is 15.1. The Labute approximate surface area is 161 Å². The van der Waals surface area contributed by atoms with E-state index in [1.165, 1.54) is 0 Å². The molecule has 3 aromatic rings. The highest BCUT2D eigenvalue weighted by molar-refractivity contribution is 6.04. The first-order valence-electron chi connectivity index (χ1n) is 8.53. The highest BCUT2D eigenvalue weighted by atomic mass is 35.5. The first kappa shape index (κ1) is 19.9. The average Bonchev–Trinajstić information content (AvgIpc) is 2.63. The van der Waals surface area contributed by atoms with Crippen LogP contribution < -0.4 is 0 Å². The summed E-state index contributed by atoms with van der Waals surface area (Å²) in [5.41, 5.74) is 3.92. The molecule has 0 unspecified atom stereocenters. The fourth-order valence-electron chi connectivity index (χ4n) is 3.18. The fourth-order valence-corrected chi connectivity index (χ4v) is 3.18. The van der Waals surface area contributed by atoms with Gasteiger partial charge in [0.1, 0.15) is 0 Å². The van der Waals surface area contributed by atoms with E-state index in [1.807, 2.05) is 99.0 Å². The number of benzene rings is 3. The van der Waals surface area contributed by atoms with Crippen molar-refractivity contribution in [1.29, 1.82) is 0 Å². The molecule has 0 saturated carbocycles. The van der Waals surface area contributed by atoms with E-state index >= 15 is 0 Å². The van der Waals surface area contributed by atoms with Crippen LogP contribution in [0, 0.1) is 0 Å². The molecule has 0 radical (unpaired) electrons. The third-order valence-electron chi connectivity index (χ3n) is 4.30. The van der Waals surface area contributed by atoms with Crippen molar-refractivity contribution in [3.05, 3.63) is 107 Å². The van der Waals surface area contributed by atoms with Crippen LogP contribution in [0.15, 0.2) is 84.9 Å². The van der Waals surface area contributed by atoms with E-state index in [9.17, 15) is 4.79 Å². The average molecular weight is 366 g/mol. The minimum atomic E-state index is -0.286. The van der Waals surface area contributed by atoms with Crippen molar-refractivity contribution in [1.82, 2.24) is 4.90 Å². The molecular weight excluding hydrogens is 342 g/mol. The van der Waals surface area contributed by atoms with Crippen LogP contribution in [0.3, 0.4) is 0 Å². The summed E-state index contributed by atoms with van der Waals surface area (Å²) in [6, 6.07) is 28.0. The monoisotopic (exact) mass is 365 g/mol. The third-order valence-corrected chi connectivity index (χ3v) is 4.30. The Morgan fingerprint density at radius 3 is 1.73 bits per heavy atom. The Bertz CT molecular complexity index is 792. The van der Waals surface area contributed by atoms with Gasteiger partial charge >= 0.3 is 0 Å². The molecule has 134 valence electrons. The molecule has 0 N–H and O–H groups in total. The maximum absolute atomic E-state index is 13.5. The van der Waals surface area contributed by atoms with Gasteiger partial charge in [-0.3, -0.25) is 4.79 Å². The van der Waals surface area contributed by atoms with Crippen LogP contribution in [-0.2, 0) is 6.54 Å². The molecule has 26 heavy (non-hydrogen) atoms. The lowest BCUT2D eigenvalue weighted by Gasteiger charge is -2.20. The molecule has 0 heterocycles.